The van der Waals surface area contributed by atoms with Crippen LogP contribution in [0.2, 0.25) is 0 Å². The highest BCUT2D eigenvalue weighted by molar-refractivity contribution is 7.88. The largest absolute Gasteiger partial charge is 0.376 e. The molecule has 164 valence electrons. The van der Waals surface area contributed by atoms with Gasteiger partial charge in [-0.3, -0.25) is 9.69 Å². The van der Waals surface area contributed by atoms with Crippen LogP contribution in [0.3, 0.4) is 0 Å². The lowest BCUT2D eigenvalue weighted by Crippen LogP contribution is -2.54. The molecule has 2 aliphatic rings. The van der Waals surface area contributed by atoms with Gasteiger partial charge in [-0.2, -0.15) is 4.31 Å². The van der Waals surface area contributed by atoms with Gasteiger partial charge in [-0.25, -0.2) is 13.4 Å². The lowest BCUT2D eigenvalue weighted by Gasteiger charge is -2.35. The average molecular weight is 452 g/mol. The number of thiazole rings is 1. The van der Waals surface area contributed by atoms with E-state index in [-0.39, 0.29) is 12.0 Å². The zero-order chi connectivity index (χ0) is 21.3. The summed E-state index contributed by atoms with van der Waals surface area (Å²) in [7, 11) is -3.46. The third-order valence-corrected chi connectivity index (χ3v) is 8.28. The minimum Gasteiger partial charge on any atom is -0.376 e. The number of ether oxygens (including phenoxy) is 1. The number of hydrogen-bond acceptors (Lipinski definition) is 6. The van der Waals surface area contributed by atoms with E-state index in [4.69, 9.17) is 9.72 Å². The molecule has 2 atom stereocenters. The van der Waals surface area contributed by atoms with Gasteiger partial charge in [0.05, 0.1) is 29.1 Å². The van der Waals surface area contributed by atoms with Crippen LogP contribution in [0.4, 0.5) is 5.13 Å². The zero-order valence-corrected chi connectivity index (χ0v) is 19.2. The molecule has 0 aliphatic carbocycles. The molecule has 2 saturated heterocycles. The Kier molecular flexibility index (Phi) is 6.43. The number of amides is 1. The summed E-state index contributed by atoms with van der Waals surface area (Å²) in [5.74, 6) is -0.187. The lowest BCUT2D eigenvalue weighted by atomic mass is 10.0. The molecule has 0 saturated carbocycles. The fraction of sp³-hybridized carbons (Fsp3) is 0.619. The van der Waals surface area contributed by atoms with E-state index in [1.165, 1.54) is 21.9 Å². The number of carbonyl (C=O) groups excluding carboxylic acids is 1. The van der Waals surface area contributed by atoms with Gasteiger partial charge in [0.1, 0.15) is 6.04 Å². The molecule has 2 unspecified atom stereocenters. The Morgan fingerprint density at radius 2 is 2.13 bits per heavy atom. The number of anilines is 1. The van der Waals surface area contributed by atoms with Crippen LogP contribution in [0.25, 0.3) is 10.2 Å². The molecule has 4 rings (SSSR count). The summed E-state index contributed by atoms with van der Waals surface area (Å²) in [6.07, 6.45) is 6.06. The number of rotatable bonds is 6. The molecule has 0 radical (unpaired) electrons. The molecule has 7 nitrogen and oxygen atoms in total. The van der Waals surface area contributed by atoms with E-state index < -0.39 is 16.1 Å². The lowest BCUT2D eigenvalue weighted by molar-refractivity contribution is -0.123. The van der Waals surface area contributed by atoms with Crippen LogP contribution < -0.4 is 4.90 Å². The SMILES string of the molecule is CCc1cccc2sc(N(CC3CCCO3)C(=O)C3CCCCN3S(C)(=O)=O)nc12. The van der Waals surface area contributed by atoms with Gasteiger partial charge in [0.25, 0.3) is 0 Å². The van der Waals surface area contributed by atoms with E-state index in [9.17, 15) is 13.2 Å². The number of piperidine rings is 1. The minimum absolute atomic E-state index is 0.0399. The zero-order valence-electron chi connectivity index (χ0n) is 17.5. The first-order valence-electron chi connectivity index (χ1n) is 10.7. The van der Waals surface area contributed by atoms with Crippen molar-refractivity contribution in [2.75, 3.05) is 30.9 Å². The van der Waals surface area contributed by atoms with Crippen molar-refractivity contribution in [2.24, 2.45) is 0 Å². The van der Waals surface area contributed by atoms with E-state index >= 15 is 0 Å². The van der Waals surface area contributed by atoms with E-state index in [1.54, 1.807) is 4.90 Å². The number of para-hydroxylation sites is 1. The number of hydrogen-bond donors (Lipinski definition) is 0. The summed E-state index contributed by atoms with van der Waals surface area (Å²) < 4.78 is 32.9. The Balaban J connectivity index is 1.71. The average Bonchev–Trinajstić information content (AvgIpc) is 3.40. The van der Waals surface area contributed by atoms with Gasteiger partial charge in [-0.15, -0.1) is 0 Å². The summed E-state index contributed by atoms with van der Waals surface area (Å²) in [5, 5.41) is 0.630. The molecule has 1 amide bonds. The number of carbonyl (C=O) groups is 1. The Bertz CT molecular complexity index is 1010. The number of fused-ring (bicyclic) bond motifs is 1. The molecule has 9 heteroatoms. The van der Waals surface area contributed by atoms with Gasteiger partial charge in [0.2, 0.25) is 15.9 Å². The Labute approximate surface area is 182 Å². The maximum Gasteiger partial charge on any atom is 0.247 e. The van der Waals surface area contributed by atoms with E-state index in [2.05, 4.69) is 13.0 Å². The van der Waals surface area contributed by atoms with Crippen molar-refractivity contribution in [1.29, 1.82) is 0 Å². The van der Waals surface area contributed by atoms with E-state index in [1.807, 2.05) is 12.1 Å². The van der Waals surface area contributed by atoms with E-state index in [0.717, 1.165) is 47.9 Å². The van der Waals surface area contributed by atoms with Crippen molar-refractivity contribution < 1.29 is 17.9 Å². The highest BCUT2D eigenvalue weighted by Gasteiger charge is 2.39. The van der Waals surface area contributed by atoms with Gasteiger partial charge in [0.15, 0.2) is 5.13 Å². The van der Waals surface area contributed by atoms with Crippen molar-refractivity contribution >= 4 is 42.6 Å². The quantitative estimate of drug-likeness (QED) is 0.674. The molecular formula is C21H29N3O4S2. The van der Waals surface area contributed by atoms with Gasteiger partial charge in [-0.05, 0) is 43.7 Å². The predicted octanol–water partition coefficient (Wildman–Crippen LogP) is 3.18. The molecule has 0 bridgehead atoms. The van der Waals surface area contributed by atoms with Crippen molar-refractivity contribution in [3.63, 3.8) is 0 Å². The third-order valence-electron chi connectivity index (χ3n) is 5.94. The third kappa shape index (κ3) is 4.39. The number of aromatic nitrogens is 1. The number of sulfonamides is 1. The number of aryl methyl sites for hydroxylation is 1. The molecular weight excluding hydrogens is 422 g/mol. The fourth-order valence-electron chi connectivity index (χ4n) is 4.38. The summed E-state index contributed by atoms with van der Waals surface area (Å²) in [4.78, 5) is 20.2. The summed E-state index contributed by atoms with van der Waals surface area (Å²) >= 11 is 1.49. The van der Waals surface area contributed by atoms with E-state index in [0.29, 0.717) is 31.2 Å². The van der Waals surface area contributed by atoms with Crippen LogP contribution in [-0.2, 0) is 26.0 Å². The first kappa shape index (κ1) is 21.7. The van der Waals surface area contributed by atoms with Crippen molar-refractivity contribution in [1.82, 2.24) is 9.29 Å². The Morgan fingerprint density at radius 3 is 2.83 bits per heavy atom. The standard InChI is InChI=1S/C21H29N3O4S2/c1-3-15-8-6-11-18-19(15)22-21(29-18)23(14-16-9-7-13-28-16)20(25)17-10-4-5-12-24(17)30(2,26)27/h6,8,11,16-17H,3-5,7,9-10,12-14H2,1-2H3. The van der Waals surface area contributed by atoms with Crippen LogP contribution in [0.5, 0.6) is 0 Å². The fourth-order valence-corrected chi connectivity index (χ4v) is 6.52. The van der Waals surface area contributed by atoms with Crippen LogP contribution >= 0.6 is 11.3 Å². The molecule has 2 fully saturated rings. The van der Waals surface area contributed by atoms with Gasteiger partial charge in [0, 0.05) is 13.2 Å². The molecule has 0 spiro atoms. The molecule has 30 heavy (non-hydrogen) atoms. The number of benzene rings is 1. The van der Waals surface area contributed by atoms with Crippen LogP contribution in [0.1, 0.15) is 44.6 Å². The molecule has 1 aromatic carbocycles. The summed E-state index contributed by atoms with van der Waals surface area (Å²) in [6, 6.07) is 5.42. The maximum atomic E-state index is 13.7. The minimum atomic E-state index is -3.46. The Hall–Kier alpha value is -1.55. The first-order valence-corrected chi connectivity index (χ1v) is 13.3. The highest BCUT2D eigenvalue weighted by Crippen LogP contribution is 2.33. The second-order valence-corrected chi connectivity index (χ2v) is 11.0. The van der Waals surface area contributed by atoms with Crippen LogP contribution in [-0.4, -0.2) is 61.7 Å². The van der Waals surface area contributed by atoms with Gasteiger partial charge >= 0.3 is 0 Å². The topological polar surface area (TPSA) is 79.8 Å². The van der Waals surface area contributed by atoms with Gasteiger partial charge in [-0.1, -0.05) is 36.8 Å². The number of nitrogens with zero attached hydrogens (tertiary/aromatic N) is 3. The first-order chi connectivity index (χ1) is 14.4. The van der Waals surface area contributed by atoms with Crippen molar-refractivity contribution in [3.05, 3.63) is 23.8 Å². The van der Waals surface area contributed by atoms with Crippen LogP contribution in [0.15, 0.2) is 18.2 Å². The highest BCUT2D eigenvalue weighted by atomic mass is 32.2. The maximum absolute atomic E-state index is 13.7. The van der Waals surface area contributed by atoms with Crippen molar-refractivity contribution in [2.45, 2.75) is 57.6 Å². The monoisotopic (exact) mass is 451 g/mol. The smallest absolute Gasteiger partial charge is 0.247 e. The van der Waals surface area contributed by atoms with Crippen molar-refractivity contribution in [3.8, 4) is 0 Å². The summed E-state index contributed by atoms with van der Waals surface area (Å²) in [5.41, 5.74) is 2.07. The Morgan fingerprint density at radius 1 is 1.30 bits per heavy atom. The van der Waals surface area contributed by atoms with Gasteiger partial charge < -0.3 is 4.74 Å². The molecule has 0 N–H and O–H groups in total. The molecule has 2 aromatic rings. The predicted molar refractivity (Wildman–Crippen MR) is 120 cm³/mol. The second-order valence-electron chi connectivity index (χ2n) is 8.08. The molecule has 3 heterocycles. The molecule has 2 aliphatic heterocycles. The van der Waals surface area contributed by atoms with Crippen LogP contribution in [0, 0.1) is 0 Å². The summed E-state index contributed by atoms with van der Waals surface area (Å²) in [6.45, 7) is 3.59. The second kappa shape index (κ2) is 8.90. The normalized spacial score (nSPS) is 23.1. The molecule has 1 aromatic heterocycles.